The maximum absolute atomic E-state index is 12.2. The fraction of sp³-hybridized carbons (Fsp3) is 0.680. The lowest BCUT2D eigenvalue weighted by atomic mass is 9.82. The third kappa shape index (κ3) is 10.5. The quantitative estimate of drug-likeness (QED) is 0.280. The van der Waals surface area contributed by atoms with E-state index in [4.69, 9.17) is 10.5 Å². The van der Waals surface area contributed by atoms with E-state index >= 15 is 0 Å². The molecule has 1 rings (SSSR count). The summed E-state index contributed by atoms with van der Waals surface area (Å²) in [5.74, 6) is 0.487. The zero-order valence-corrected chi connectivity index (χ0v) is 20.3. The third-order valence-electron chi connectivity index (χ3n) is 5.86. The minimum absolute atomic E-state index is 0.0334. The molecule has 4 atom stereocenters. The number of carbonyl (C=O) groups excluding carboxylic acids is 2. The van der Waals surface area contributed by atoms with Crippen LogP contribution in [0.4, 0.5) is 0 Å². The number of hydrogen-bond donors (Lipinski definition) is 3. The second-order valence-electron chi connectivity index (χ2n) is 8.97. The number of hydrogen-bond acceptors (Lipinski definition) is 6. The van der Waals surface area contributed by atoms with E-state index in [1.54, 1.807) is 6.07 Å². The molecule has 0 saturated carbocycles. The number of amides is 1. The predicted octanol–water partition coefficient (Wildman–Crippen LogP) is 3.07. The van der Waals surface area contributed by atoms with Crippen LogP contribution >= 0.6 is 0 Å². The Kier molecular flexibility index (Phi) is 13.0. The summed E-state index contributed by atoms with van der Waals surface area (Å²) in [6.45, 7) is 8.73. The largest absolute Gasteiger partial charge is 0.482 e. The molecule has 0 heterocycles. The van der Waals surface area contributed by atoms with Gasteiger partial charge in [-0.15, -0.1) is 0 Å². The Balaban J connectivity index is 2.64. The molecule has 4 N–H and O–H groups in total. The number of aliphatic hydroxyl groups is 1. The summed E-state index contributed by atoms with van der Waals surface area (Å²) in [6.07, 6.45) is 3.01. The van der Waals surface area contributed by atoms with Crippen LogP contribution in [-0.2, 0) is 20.7 Å². The van der Waals surface area contributed by atoms with Crippen molar-refractivity contribution in [2.75, 3.05) is 20.3 Å². The molecular weight excluding hydrogens is 408 g/mol. The van der Waals surface area contributed by atoms with Crippen LogP contribution in [0, 0.1) is 17.8 Å². The first kappa shape index (κ1) is 27.9. The SMILES string of the molecule is CCCCNC(=O)[C@H](C)C[C@H](O)[C@@H](N)C[C@H](Cc1cccc(OCC(=O)OC)c1)C(C)C. The van der Waals surface area contributed by atoms with Crippen LogP contribution in [-0.4, -0.2) is 49.4 Å². The van der Waals surface area contributed by atoms with Crippen molar-refractivity contribution < 1.29 is 24.2 Å². The molecule has 1 aromatic carbocycles. The molecule has 0 saturated heterocycles. The summed E-state index contributed by atoms with van der Waals surface area (Å²) in [5, 5.41) is 13.5. The lowest BCUT2D eigenvalue weighted by Crippen LogP contribution is -2.41. The van der Waals surface area contributed by atoms with E-state index < -0.39 is 18.1 Å². The molecule has 0 fully saturated rings. The summed E-state index contributed by atoms with van der Waals surface area (Å²) in [4.78, 5) is 23.5. The van der Waals surface area contributed by atoms with Gasteiger partial charge in [-0.1, -0.05) is 46.2 Å². The zero-order valence-electron chi connectivity index (χ0n) is 20.3. The zero-order chi connectivity index (χ0) is 24.1. The molecule has 7 nitrogen and oxygen atoms in total. The minimum atomic E-state index is -0.738. The molecule has 182 valence electrons. The van der Waals surface area contributed by atoms with Crippen LogP contribution in [0.25, 0.3) is 0 Å². The average Bonchev–Trinajstić information content (AvgIpc) is 2.76. The van der Waals surface area contributed by atoms with Crippen molar-refractivity contribution in [3.63, 3.8) is 0 Å². The fourth-order valence-corrected chi connectivity index (χ4v) is 3.57. The molecule has 0 spiro atoms. The van der Waals surface area contributed by atoms with Crippen molar-refractivity contribution in [2.24, 2.45) is 23.5 Å². The molecule has 0 radical (unpaired) electrons. The molecule has 1 amide bonds. The molecule has 0 aliphatic rings. The van der Waals surface area contributed by atoms with Crippen LogP contribution in [0.1, 0.15) is 58.9 Å². The van der Waals surface area contributed by atoms with Crippen LogP contribution in [0.2, 0.25) is 0 Å². The van der Waals surface area contributed by atoms with Crippen LogP contribution in [0.15, 0.2) is 24.3 Å². The topological polar surface area (TPSA) is 111 Å². The second kappa shape index (κ2) is 14.9. The summed E-state index contributed by atoms with van der Waals surface area (Å²) in [7, 11) is 1.33. The molecular formula is C25H42N2O5. The van der Waals surface area contributed by atoms with Gasteiger partial charge in [-0.25, -0.2) is 4.79 Å². The van der Waals surface area contributed by atoms with Crippen LogP contribution < -0.4 is 15.8 Å². The van der Waals surface area contributed by atoms with E-state index in [1.165, 1.54) is 7.11 Å². The van der Waals surface area contributed by atoms with Gasteiger partial charge >= 0.3 is 5.97 Å². The highest BCUT2D eigenvalue weighted by atomic mass is 16.6. The van der Waals surface area contributed by atoms with E-state index in [9.17, 15) is 14.7 Å². The molecule has 7 heteroatoms. The number of rotatable bonds is 15. The number of nitrogens with two attached hydrogens (primary N) is 1. The summed E-state index contributed by atoms with van der Waals surface area (Å²) in [6, 6.07) is 7.23. The lowest BCUT2D eigenvalue weighted by Gasteiger charge is -2.28. The Morgan fingerprint density at radius 3 is 2.53 bits per heavy atom. The van der Waals surface area contributed by atoms with Crippen molar-refractivity contribution in [3.8, 4) is 5.75 Å². The maximum atomic E-state index is 12.2. The number of unbranched alkanes of at least 4 members (excludes halogenated alkanes) is 1. The van der Waals surface area contributed by atoms with Gasteiger partial charge in [0.25, 0.3) is 0 Å². The molecule has 0 aliphatic heterocycles. The number of aliphatic hydroxyl groups excluding tert-OH is 1. The van der Waals surface area contributed by atoms with Crippen LogP contribution in [0.3, 0.4) is 0 Å². The normalized spacial score (nSPS) is 15.0. The Morgan fingerprint density at radius 1 is 1.19 bits per heavy atom. The standard InChI is InChI=1S/C25H42N2O5/c1-6-7-11-27-25(30)18(4)12-23(28)22(26)15-20(17(2)3)13-19-9-8-10-21(14-19)32-16-24(29)31-5/h8-10,14,17-18,20,22-23,28H,6-7,11-13,15-16,26H2,1-5H3,(H,27,30)/t18-,20+,22+,23+/m1/s1. The second-order valence-corrected chi connectivity index (χ2v) is 8.97. The van der Waals surface area contributed by atoms with E-state index in [0.717, 1.165) is 24.8 Å². The summed E-state index contributed by atoms with van der Waals surface area (Å²) >= 11 is 0. The fourth-order valence-electron chi connectivity index (χ4n) is 3.57. The Bertz CT molecular complexity index is 695. The van der Waals surface area contributed by atoms with Gasteiger partial charge in [0.05, 0.1) is 13.2 Å². The van der Waals surface area contributed by atoms with Crippen molar-refractivity contribution in [1.82, 2.24) is 5.32 Å². The highest BCUT2D eigenvalue weighted by Crippen LogP contribution is 2.26. The lowest BCUT2D eigenvalue weighted by molar-refractivity contribution is -0.142. The predicted molar refractivity (Wildman–Crippen MR) is 126 cm³/mol. The van der Waals surface area contributed by atoms with Crippen LogP contribution in [0.5, 0.6) is 5.75 Å². The minimum Gasteiger partial charge on any atom is -0.482 e. The van der Waals surface area contributed by atoms with Crippen molar-refractivity contribution in [2.45, 2.75) is 71.9 Å². The van der Waals surface area contributed by atoms with Crippen molar-refractivity contribution in [1.29, 1.82) is 0 Å². The number of nitrogens with one attached hydrogen (secondary N) is 1. The first-order valence-corrected chi connectivity index (χ1v) is 11.7. The van der Waals surface area contributed by atoms with Gasteiger partial charge in [-0.2, -0.15) is 0 Å². The first-order valence-electron chi connectivity index (χ1n) is 11.7. The first-order chi connectivity index (χ1) is 15.2. The molecule has 0 aliphatic carbocycles. The number of methoxy groups -OCH3 is 1. The van der Waals surface area contributed by atoms with Gasteiger partial charge in [0.1, 0.15) is 5.75 Å². The van der Waals surface area contributed by atoms with Gasteiger partial charge in [0, 0.05) is 18.5 Å². The molecule has 0 unspecified atom stereocenters. The molecule has 1 aromatic rings. The highest BCUT2D eigenvalue weighted by molar-refractivity contribution is 5.78. The van der Waals surface area contributed by atoms with E-state index in [-0.39, 0.29) is 24.3 Å². The number of ether oxygens (including phenoxy) is 2. The van der Waals surface area contributed by atoms with Gasteiger partial charge in [-0.3, -0.25) is 4.79 Å². The Labute approximate surface area is 193 Å². The number of benzene rings is 1. The van der Waals surface area contributed by atoms with E-state index in [1.807, 2.05) is 25.1 Å². The molecule has 32 heavy (non-hydrogen) atoms. The molecule has 0 bridgehead atoms. The van der Waals surface area contributed by atoms with Crippen molar-refractivity contribution >= 4 is 11.9 Å². The van der Waals surface area contributed by atoms with Crippen molar-refractivity contribution in [3.05, 3.63) is 29.8 Å². The Hall–Kier alpha value is -2.12. The smallest absolute Gasteiger partial charge is 0.343 e. The summed E-state index contributed by atoms with van der Waals surface area (Å²) in [5.41, 5.74) is 7.43. The maximum Gasteiger partial charge on any atom is 0.343 e. The van der Waals surface area contributed by atoms with Gasteiger partial charge in [-0.05, 0) is 55.2 Å². The van der Waals surface area contributed by atoms with Gasteiger partial charge < -0.3 is 25.6 Å². The average molecular weight is 451 g/mol. The Morgan fingerprint density at radius 2 is 1.91 bits per heavy atom. The number of carbonyl (C=O) groups is 2. The highest BCUT2D eigenvalue weighted by Gasteiger charge is 2.26. The van der Waals surface area contributed by atoms with E-state index in [0.29, 0.717) is 31.1 Å². The monoisotopic (exact) mass is 450 g/mol. The van der Waals surface area contributed by atoms with Gasteiger partial charge in [0.2, 0.25) is 5.91 Å². The molecule has 0 aromatic heterocycles. The van der Waals surface area contributed by atoms with Gasteiger partial charge in [0.15, 0.2) is 6.61 Å². The van der Waals surface area contributed by atoms with E-state index in [2.05, 4.69) is 30.8 Å². The third-order valence-corrected chi connectivity index (χ3v) is 5.86. The number of esters is 1. The summed E-state index contributed by atoms with van der Waals surface area (Å²) < 4.78 is 10.1.